The Morgan fingerprint density at radius 3 is 2.11 bits per heavy atom. The predicted molar refractivity (Wildman–Crippen MR) is 82.1 cm³/mol. The van der Waals surface area contributed by atoms with Crippen LogP contribution in [0, 0.1) is 5.92 Å². The number of ketones is 1. The largest absolute Gasteiger partial charge is 0.463 e. The molecule has 0 radical (unpaired) electrons. The van der Waals surface area contributed by atoms with Gasteiger partial charge in [0.05, 0.1) is 12.2 Å². The number of likely N-dealkylation sites (tertiary alicyclic amines) is 1. The van der Waals surface area contributed by atoms with Gasteiger partial charge in [-0.15, -0.1) is 0 Å². The monoisotopic (exact) mass is 389 g/mol. The molecule has 1 aromatic rings. The third kappa shape index (κ3) is 3.56. The SMILES string of the molecule is CCOC(=O)[C@@](F)(C(=O)c1ccc(C(F)(F)F)cc1)[C@H]1CC(=O)N(C)C1=O. The van der Waals surface area contributed by atoms with Crippen molar-refractivity contribution < 1.29 is 41.5 Å². The first-order valence-electron chi connectivity index (χ1n) is 7.83. The zero-order valence-electron chi connectivity index (χ0n) is 14.3. The molecule has 0 spiro atoms. The van der Waals surface area contributed by atoms with E-state index in [9.17, 15) is 32.3 Å². The van der Waals surface area contributed by atoms with E-state index in [2.05, 4.69) is 4.74 Å². The predicted octanol–water partition coefficient (Wildman–Crippen LogP) is 2.16. The van der Waals surface area contributed by atoms with Crippen LogP contribution >= 0.6 is 0 Å². The van der Waals surface area contributed by atoms with Crippen LogP contribution in [-0.4, -0.2) is 47.8 Å². The van der Waals surface area contributed by atoms with Crippen LogP contribution in [0.3, 0.4) is 0 Å². The van der Waals surface area contributed by atoms with E-state index >= 15 is 4.39 Å². The van der Waals surface area contributed by atoms with Crippen LogP contribution in [0.25, 0.3) is 0 Å². The smallest absolute Gasteiger partial charge is 0.416 e. The first kappa shape index (κ1) is 20.5. The fraction of sp³-hybridized carbons (Fsp3) is 0.412. The molecule has 1 aromatic carbocycles. The second kappa shape index (κ2) is 7.09. The fourth-order valence-electron chi connectivity index (χ4n) is 2.72. The van der Waals surface area contributed by atoms with Crippen molar-refractivity contribution in [2.45, 2.75) is 25.2 Å². The Balaban J connectivity index is 2.48. The van der Waals surface area contributed by atoms with Gasteiger partial charge >= 0.3 is 12.1 Å². The van der Waals surface area contributed by atoms with Crippen molar-refractivity contribution >= 4 is 23.6 Å². The maximum absolute atomic E-state index is 15.6. The van der Waals surface area contributed by atoms with E-state index < -0.39 is 58.9 Å². The Hall–Kier alpha value is -2.78. The molecule has 2 atom stereocenters. The highest BCUT2D eigenvalue weighted by molar-refractivity contribution is 6.20. The van der Waals surface area contributed by atoms with Gasteiger partial charge in [-0.2, -0.15) is 13.2 Å². The van der Waals surface area contributed by atoms with Gasteiger partial charge in [-0.1, -0.05) is 12.1 Å². The van der Waals surface area contributed by atoms with Crippen molar-refractivity contribution in [3.05, 3.63) is 35.4 Å². The zero-order chi connectivity index (χ0) is 20.6. The summed E-state index contributed by atoms with van der Waals surface area (Å²) in [5.74, 6) is -7.05. The average molecular weight is 389 g/mol. The fourth-order valence-corrected chi connectivity index (χ4v) is 2.72. The number of ether oxygens (including phenoxy) is 1. The molecule has 146 valence electrons. The van der Waals surface area contributed by atoms with Crippen LogP contribution in [0.4, 0.5) is 17.6 Å². The van der Waals surface area contributed by atoms with Crippen LogP contribution in [0.1, 0.15) is 29.3 Å². The molecule has 27 heavy (non-hydrogen) atoms. The lowest BCUT2D eigenvalue weighted by molar-refractivity contribution is -0.160. The number of imide groups is 1. The van der Waals surface area contributed by atoms with Crippen molar-refractivity contribution in [1.82, 2.24) is 4.90 Å². The molecule has 1 aliphatic rings. The second-order valence-electron chi connectivity index (χ2n) is 5.88. The van der Waals surface area contributed by atoms with E-state index in [-0.39, 0.29) is 6.61 Å². The molecule has 2 amide bonds. The number of carbonyl (C=O) groups is 4. The molecule has 0 unspecified atom stereocenters. The standard InChI is InChI=1S/C17H15F4NO5/c1-3-27-15(26)16(18,11-8-12(23)22(2)14(11)25)13(24)9-4-6-10(7-5-9)17(19,20)21/h4-7,11H,3,8H2,1-2H3/t11-,16-/m0/s1. The van der Waals surface area contributed by atoms with Crippen LogP contribution in [-0.2, 0) is 25.3 Å². The highest BCUT2D eigenvalue weighted by atomic mass is 19.4. The molecule has 10 heteroatoms. The maximum atomic E-state index is 15.6. The minimum Gasteiger partial charge on any atom is -0.463 e. The number of esters is 1. The normalized spacial score (nSPS) is 19.8. The van der Waals surface area contributed by atoms with E-state index in [1.807, 2.05) is 0 Å². The van der Waals surface area contributed by atoms with Gasteiger partial charge in [-0.05, 0) is 19.1 Å². The van der Waals surface area contributed by atoms with Gasteiger partial charge in [-0.25, -0.2) is 9.18 Å². The van der Waals surface area contributed by atoms with Gasteiger partial charge in [-0.3, -0.25) is 19.3 Å². The molecular formula is C17H15F4NO5. The molecule has 6 nitrogen and oxygen atoms in total. The van der Waals surface area contributed by atoms with Crippen molar-refractivity contribution in [3.8, 4) is 0 Å². The summed E-state index contributed by atoms with van der Waals surface area (Å²) in [5, 5.41) is 0. The Morgan fingerprint density at radius 2 is 1.70 bits per heavy atom. The van der Waals surface area contributed by atoms with E-state index in [0.29, 0.717) is 29.2 Å². The van der Waals surface area contributed by atoms with Crippen LogP contribution in [0.5, 0.6) is 0 Å². The first-order valence-corrected chi connectivity index (χ1v) is 7.83. The summed E-state index contributed by atoms with van der Waals surface area (Å²) < 4.78 is 58.1. The number of carbonyl (C=O) groups excluding carboxylic acids is 4. The van der Waals surface area contributed by atoms with E-state index in [4.69, 9.17) is 0 Å². The third-order valence-corrected chi connectivity index (χ3v) is 4.24. The number of nitrogens with zero attached hydrogens (tertiary/aromatic N) is 1. The minimum atomic E-state index is -4.67. The number of Topliss-reactive ketones (excluding diaryl/α,β-unsaturated/α-hetero) is 1. The van der Waals surface area contributed by atoms with E-state index in [1.165, 1.54) is 6.92 Å². The lowest BCUT2D eigenvalue weighted by Crippen LogP contribution is -2.52. The number of halogens is 4. The van der Waals surface area contributed by atoms with Crippen molar-refractivity contribution in [1.29, 1.82) is 0 Å². The lowest BCUT2D eigenvalue weighted by Gasteiger charge is -2.26. The molecule has 0 aromatic heterocycles. The topological polar surface area (TPSA) is 80.8 Å². The average Bonchev–Trinajstić information content (AvgIpc) is 2.87. The molecule has 1 aliphatic heterocycles. The number of alkyl halides is 4. The number of benzene rings is 1. The van der Waals surface area contributed by atoms with Crippen LogP contribution in [0.2, 0.25) is 0 Å². The number of hydrogen-bond acceptors (Lipinski definition) is 5. The summed E-state index contributed by atoms with van der Waals surface area (Å²) in [6, 6.07) is 2.49. The Morgan fingerprint density at radius 1 is 1.15 bits per heavy atom. The lowest BCUT2D eigenvalue weighted by atomic mass is 9.81. The second-order valence-corrected chi connectivity index (χ2v) is 5.88. The van der Waals surface area contributed by atoms with Gasteiger partial charge < -0.3 is 4.74 Å². The highest BCUT2D eigenvalue weighted by Gasteiger charge is 2.61. The summed E-state index contributed by atoms with van der Waals surface area (Å²) in [6.45, 7) is 1.03. The zero-order valence-corrected chi connectivity index (χ0v) is 14.3. The van der Waals surface area contributed by atoms with Crippen molar-refractivity contribution in [3.63, 3.8) is 0 Å². The first-order chi connectivity index (χ1) is 12.4. The Bertz CT molecular complexity index is 790. The summed E-state index contributed by atoms with van der Waals surface area (Å²) in [5.41, 5.74) is -5.17. The molecule has 0 N–H and O–H groups in total. The maximum Gasteiger partial charge on any atom is 0.416 e. The quantitative estimate of drug-likeness (QED) is 0.254. The summed E-state index contributed by atoms with van der Waals surface area (Å²) in [4.78, 5) is 49.2. The molecule has 0 aliphatic carbocycles. The number of hydrogen-bond donors (Lipinski definition) is 0. The van der Waals surface area contributed by atoms with Gasteiger partial charge in [0.2, 0.25) is 17.6 Å². The van der Waals surface area contributed by atoms with Gasteiger partial charge in [0, 0.05) is 19.0 Å². The third-order valence-electron chi connectivity index (χ3n) is 4.24. The molecular weight excluding hydrogens is 374 g/mol. The molecule has 1 fully saturated rings. The van der Waals surface area contributed by atoms with Crippen molar-refractivity contribution in [2.24, 2.45) is 5.92 Å². The molecule has 1 heterocycles. The van der Waals surface area contributed by atoms with E-state index in [1.54, 1.807) is 0 Å². The minimum absolute atomic E-state index is 0.310. The van der Waals surface area contributed by atoms with Gasteiger partial charge in [0.25, 0.3) is 5.67 Å². The Labute approximate surface area is 151 Å². The highest BCUT2D eigenvalue weighted by Crippen LogP contribution is 2.37. The molecule has 2 rings (SSSR count). The number of amides is 2. The molecule has 0 bridgehead atoms. The van der Waals surface area contributed by atoms with Crippen LogP contribution < -0.4 is 0 Å². The summed E-state index contributed by atoms with van der Waals surface area (Å²) >= 11 is 0. The van der Waals surface area contributed by atoms with Crippen LogP contribution in [0.15, 0.2) is 24.3 Å². The molecule has 1 saturated heterocycles. The Kier molecular flexibility index (Phi) is 5.39. The van der Waals surface area contributed by atoms with Gasteiger partial charge in [0.15, 0.2) is 0 Å². The summed E-state index contributed by atoms with van der Waals surface area (Å²) in [6.07, 6.45) is -5.41. The van der Waals surface area contributed by atoms with Crippen molar-refractivity contribution in [2.75, 3.05) is 13.7 Å². The summed E-state index contributed by atoms with van der Waals surface area (Å²) in [7, 11) is 1.07. The number of rotatable bonds is 5. The molecule has 0 saturated carbocycles. The van der Waals surface area contributed by atoms with Gasteiger partial charge in [0.1, 0.15) is 5.92 Å². The van der Waals surface area contributed by atoms with E-state index in [0.717, 1.165) is 7.05 Å².